The van der Waals surface area contributed by atoms with Crippen LogP contribution < -0.4 is 5.32 Å². The van der Waals surface area contributed by atoms with Gasteiger partial charge in [0, 0.05) is 19.2 Å². The summed E-state index contributed by atoms with van der Waals surface area (Å²) in [5.74, 6) is 0.161. The van der Waals surface area contributed by atoms with E-state index in [1.165, 1.54) is 6.07 Å². The minimum absolute atomic E-state index is 0.0319. The second kappa shape index (κ2) is 7.22. The third-order valence-electron chi connectivity index (χ3n) is 4.11. The zero-order valence-corrected chi connectivity index (χ0v) is 12.6. The normalized spacial score (nSPS) is 17.1. The first-order valence-corrected chi connectivity index (χ1v) is 7.42. The summed E-state index contributed by atoms with van der Waals surface area (Å²) in [5.41, 5.74) is 0.308. The summed E-state index contributed by atoms with van der Waals surface area (Å²) < 4.78 is 0. The van der Waals surface area contributed by atoms with Crippen LogP contribution in [0.5, 0.6) is 0 Å². The van der Waals surface area contributed by atoms with Crippen molar-refractivity contribution in [1.82, 2.24) is 4.90 Å². The fourth-order valence-corrected chi connectivity index (χ4v) is 2.70. The monoisotopic (exact) mass is 307 g/mol. The number of aliphatic hydroxyl groups excluding tert-OH is 1. The minimum atomic E-state index is -0.471. The second-order valence-corrected chi connectivity index (χ2v) is 5.59. The van der Waals surface area contributed by atoms with Gasteiger partial charge in [-0.05, 0) is 31.7 Å². The number of para-hydroxylation sites is 2. The first-order valence-electron chi connectivity index (χ1n) is 7.42. The third-order valence-corrected chi connectivity index (χ3v) is 4.11. The zero-order valence-electron chi connectivity index (χ0n) is 12.6. The van der Waals surface area contributed by atoms with Crippen molar-refractivity contribution in [3.8, 4) is 0 Å². The summed E-state index contributed by atoms with van der Waals surface area (Å²) in [5, 5.41) is 23.3. The van der Waals surface area contributed by atoms with Gasteiger partial charge in [0.05, 0.1) is 17.6 Å². The molecule has 120 valence electrons. The van der Waals surface area contributed by atoms with Crippen LogP contribution in [0.2, 0.25) is 0 Å². The quantitative estimate of drug-likeness (QED) is 0.636. The van der Waals surface area contributed by atoms with E-state index in [0.29, 0.717) is 18.8 Å². The summed E-state index contributed by atoms with van der Waals surface area (Å²) in [6.45, 7) is 3.04. The van der Waals surface area contributed by atoms with Crippen molar-refractivity contribution in [2.45, 2.75) is 25.9 Å². The van der Waals surface area contributed by atoms with Crippen LogP contribution >= 0.6 is 0 Å². The number of carbonyl (C=O) groups excluding carboxylic acids is 1. The fourth-order valence-electron chi connectivity index (χ4n) is 2.70. The predicted molar refractivity (Wildman–Crippen MR) is 82.6 cm³/mol. The number of piperidine rings is 1. The highest BCUT2D eigenvalue weighted by Gasteiger charge is 2.25. The number of hydrogen-bond acceptors (Lipinski definition) is 5. The summed E-state index contributed by atoms with van der Waals surface area (Å²) >= 11 is 0. The van der Waals surface area contributed by atoms with E-state index in [2.05, 4.69) is 5.32 Å². The molecule has 22 heavy (non-hydrogen) atoms. The molecular weight excluding hydrogens is 286 g/mol. The molecule has 1 amide bonds. The van der Waals surface area contributed by atoms with Crippen molar-refractivity contribution in [3.63, 3.8) is 0 Å². The van der Waals surface area contributed by atoms with Crippen molar-refractivity contribution in [3.05, 3.63) is 34.4 Å². The summed E-state index contributed by atoms with van der Waals surface area (Å²) in [6, 6.07) is 6.27. The lowest BCUT2D eigenvalue weighted by molar-refractivity contribution is -0.383. The number of nitrogens with one attached hydrogen (secondary N) is 1. The molecule has 1 fully saturated rings. The number of aliphatic hydroxyl groups is 1. The molecule has 1 aromatic rings. The molecule has 2 rings (SSSR count). The topological polar surface area (TPSA) is 95.7 Å². The van der Waals surface area contributed by atoms with E-state index in [1.54, 1.807) is 30.0 Å². The molecule has 1 atom stereocenters. The van der Waals surface area contributed by atoms with E-state index in [4.69, 9.17) is 0 Å². The molecule has 0 aromatic heterocycles. The van der Waals surface area contributed by atoms with Crippen LogP contribution in [0.1, 0.15) is 19.8 Å². The number of anilines is 1. The van der Waals surface area contributed by atoms with E-state index in [0.717, 1.165) is 12.8 Å². The van der Waals surface area contributed by atoms with Gasteiger partial charge in [-0.25, -0.2) is 0 Å². The summed E-state index contributed by atoms with van der Waals surface area (Å²) in [6.07, 6.45) is 1.23. The zero-order chi connectivity index (χ0) is 16.1. The molecule has 1 unspecified atom stereocenters. The number of rotatable bonds is 5. The number of amides is 1. The lowest BCUT2D eigenvalue weighted by Gasteiger charge is -2.33. The van der Waals surface area contributed by atoms with E-state index in [1.807, 2.05) is 0 Å². The van der Waals surface area contributed by atoms with Gasteiger partial charge in [0.25, 0.3) is 5.69 Å². The average molecular weight is 307 g/mol. The Labute approximate surface area is 129 Å². The van der Waals surface area contributed by atoms with Gasteiger partial charge in [-0.15, -0.1) is 0 Å². The maximum absolute atomic E-state index is 12.2. The van der Waals surface area contributed by atoms with Gasteiger partial charge in [-0.1, -0.05) is 12.1 Å². The van der Waals surface area contributed by atoms with Crippen LogP contribution in [0.3, 0.4) is 0 Å². The Morgan fingerprint density at radius 3 is 2.68 bits per heavy atom. The smallest absolute Gasteiger partial charge is 0.292 e. The van der Waals surface area contributed by atoms with Crippen LogP contribution in [-0.2, 0) is 4.79 Å². The predicted octanol–water partition coefficient (Wildman–Crippen LogP) is 1.63. The van der Waals surface area contributed by atoms with Crippen molar-refractivity contribution in [2.75, 3.05) is 25.0 Å². The molecule has 0 bridgehead atoms. The molecular formula is C15H21N3O4. The number of nitrogens with zero attached hydrogens (tertiary/aromatic N) is 2. The van der Waals surface area contributed by atoms with Gasteiger partial charge in [0.1, 0.15) is 5.69 Å². The van der Waals surface area contributed by atoms with Crippen LogP contribution in [0.4, 0.5) is 11.4 Å². The van der Waals surface area contributed by atoms with Crippen LogP contribution in [0.25, 0.3) is 0 Å². The number of nitro benzene ring substituents is 1. The molecule has 7 nitrogen and oxygen atoms in total. The second-order valence-electron chi connectivity index (χ2n) is 5.59. The SMILES string of the molecule is CC(O)C1CCN(C(=O)CNc2ccccc2[N+](=O)[O-])CC1. The summed E-state index contributed by atoms with van der Waals surface area (Å²) in [4.78, 5) is 24.3. The molecule has 7 heteroatoms. The third kappa shape index (κ3) is 3.94. The molecule has 0 aliphatic carbocycles. The highest BCUT2D eigenvalue weighted by Crippen LogP contribution is 2.23. The highest BCUT2D eigenvalue weighted by atomic mass is 16.6. The van der Waals surface area contributed by atoms with Crippen molar-refractivity contribution in [1.29, 1.82) is 0 Å². The highest BCUT2D eigenvalue weighted by molar-refractivity contribution is 5.81. The van der Waals surface area contributed by atoms with Gasteiger partial charge in [0.15, 0.2) is 0 Å². The first-order chi connectivity index (χ1) is 10.5. The number of carbonyl (C=O) groups is 1. The molecule has 1 aliphatic rings. The van der Waals surface area contributed by atoms with E-state index < -0.39 is 4.92 Å². The van der Waals surface area contributed by atoms with Crippen molar-refractivity contribution < 1.29 is 14.8 Å². The van der Waals surface area contributed by atoms with Gasteiger partial charge in [-0.2, -0.15) is 0 Å². The van der Waals surface area contributed by atoms with Gasteiger partial charge >= 0.3 is 0 Å². The van der Waals surface area contributed by atoms with E-state index >= 15 is 0 Å². The van der Waals surface area contributed by atoms with Crippen molar-refractivity contribution >= 4 is 17.3 Å². The lowest BCUT2D eigenvalue weighted by atomic mass is 9.92. The largest absolute Gasteiger partial charge is 0.393 e. The Bertz CT molecular complexity index is 539. The number of benzene rings is 1. The molecule has 1 aliphatic heterocycles. The standard InChI is InChI=1S/C15H21N3O4/c1-11(19)12-6-8-17(9-7-12)15(20)10-16-13-4-2-3-5-14(13)18(21)22/h2-5,11-12,16,19H,6-10H2,1H3. The van der Waals surface area contributed by atoms with Gasteiger partial charge in [0.2, 0.25) is 5.91 Å². The Morgan fingerprint density at radius 1 is 1.45 bits per heavy atom. The van der Waals surface area contributed by atoms with Gasteiger partial charge < -0.3 is 15.3 Å². The number of nitro groups is 1. The minimum Gasteiger partial charge on any atom is -0.393 e. The van der Waals surface area contributed by atoms with Crippen LogP contribution in [-0.4, -0.2) is 46.6 Å². The maximum Gasteiger partial charge on any atom is 0.292 e. The molecule has 2 N–H and O–H groups in total. The maximum atomic E-state index is 12.2. The van der Waals surface area contributed by atoms with E-state index in [9.17, 15) is 20.0 Å². The molecule has 1 saturated heterocycles. The fraction of sp³-hybridized carbons (Fsp3) is 0.533. The van der Waals surface area contributed by atoms with Crippen LogP contribution in [0.15, 0.2) is 24.3 Å². The number of likely N-dealkylation sites (tertiary alicyclic amines) is 1. The summed E-state index contributed by atoms with van der Waals surface area (Å²) in [7, 11) is 0. The first kappa shape index (κ1) is 16.2. The number of hydrogen-bond donors (Lipinski definition) is 2. The molecule has 0 radical (unpaired) electrons. The Hall–Kier alpha value is -2.15. The Morgan fingerprint density at radius 2 is 2.09 bits per heavy atom. The molecule has 0 saturated carbocycles. The average Bonchev–Trinajstić information content (AvgIpc) is 2.52. The van der Waals surface area contributed by atoms with E-state index in [-0.39, 0.29) is 30.2 Å². The van der Waals surface area contributed by atoms with Gasteiger partial charge in [-0.3, -0.25) is 14.9 Å². The van der Waals surface area contributed by atoms with Crippen molar-refractivity contribution in [2.24, 2.45) is 5.92 Å². The van der Waals surface area contributed by atoms with Crippen LogP contribution in [0, 0.1) is 16.0 Å². The molecule has 1 heterocycles. The lowest BCUT2D eigenvalue weighted by Crippen LogP contribution is -2.43. The Kier molecular flexibility index (Phi) is 5.32. The molecule has 1 aromatic carbocycles. The Balaban J connectivity index is 1.88. The molecule has 0 spiro atoms.